The second-order valence-corrected chi connectivity index (χ2v) is 5.09. The Kier molecular flexibility index (Phi) is 2.39. The van der Waals surface area contributed by atoms with E-state index in [0.717, 1.165) is 25.7 Å². The molecule has 88 valence electrons. The number of nitrogens with zero attached hydrogens (tertiary/aromatic N) is 1. The van der Waals surface area contributed by atoms with Gasteiger partial charge in [-0.3, -0.25) is 4.99 Å². The van der Waals surface area contributed by atoms with Crippen molar-refractivity contribution in [2.24, 2.45) is 10.4 Å². The Labute approximate surface area is 101 Å². The van der Waals surface area contributed by atoms with E-state index < -0.39 is 0 Å². The van der Waals surface area contributed by atoms with Gasteiger partial charge in [-0.2, -0.15) is 0 Å². The van der Waals surface area contributed by atoms with Gasteiger partial charge in [0.25, 0.3) is 0 Å². The fourth-order valence-electron chi connectivity index (χ4n) is 3.13. The lowest BCUT2D eigenvalue weighted by Gasteiger charge is -2.28. The zero-order chi connectivity index (χ0) is 11.9. The first kappa shape index (κ1) is 10.7. The normalized spacial score (nSPS) is 26.1. The first-order valence-corrected chi connectivity index (χ1v) is 6.22. The van der Waals surface area contributed by atoms with Crippen LogP contribution in [0.3, 0.4) is 0 Å². The molecule has 1 heterocycles. The standard InChI is InChI=1S/C15H16FN/c1-2-15(13-5-6-17-10-13)8-11-3-4-14(16)7-12(11)9-15/h3-4,6-7,10H,2,5,8-9H2,1H3. The maximum absolute atomic E-state index is 13.3. The lowest BCUT2D eigenvalue weighted by molar-refractivity contribution is 0.359. The minimum atomic E-state index is -0.118. The van der Waals surface area contributed by atoms with Crippen molar-refractivity contribution in [1.29, 1.82) is 0 Å². The fourth-order valence-corrected chi connectivity index (χ4v) is 3.13. The molecule has 0 N–H and O–H groups in total. The van der Waals surface area contributed by atoms with E-state index >= 15 is 0 Å². The second kappa shape index (κ2) is 3.80. The highest BCUT2D eigenvalue weighted by Crippen LogP contribution is 2.46. The van der Waals surface area contributed by atoms with E-state index in [4.69, 9.17) is 0 Å². The third-order valence-corrected chi connectivity index (χ3v) is 4.23. The Morgan fingerprint density at radius 1 is 1.29 bits per heavy atom. The average Bonchev–Trinajstić information content (AvgIpc) is 2.95. The molecule has 1 aromatic rings. The maximum atomic E-state index is 13.3. The minimum absolute atomic E-state index is 0.118. The van der Waals surface area contributed by atoms with E-state index in [-0.39, 0.29) is 11.2 Å². The van der Waals surface area contributed by atoms with E-state index in [0.29, 0.717) is 0 Å². The summed E-state index contributed by atoms with van der Waals surface area (Å²) in [6.07, 6.45) is 8.03. The molecule has 0 amide bonds. The molecule has 1 unspecified atom stereocenters. The van der Waals surface area contributed by atoms with Crippen molar-refractivity contribution in [3.63, 3.8) is 0 Å². The number of aliphatic imine (C=N–C) groups is 1. The summed E-state index contributed by atoms with van der Waals surface area (Å²) in [4.78, 5) is 4.22. The van der Waals surface area contributed by atoms with Crippen molar-refractivity contribution in [2.45, 2.75) is 32.6 Å². The van der Waals surface area contributed by atoms with Crippen LogP contribution in [0.4, 0.5) is 4.39 Å². The summed E-state index contributed by atoms with van der Waals surface area (Å²) in [6, 6.07) is 5.21. The summed E-state index contributed by atoms with van der Waals surface area (Å²) in [7, 11) is 0. The van der Waals surface area contributed by atoms with Gasteiger partial charge in [-0.25, -0.2) is 4.39 Å². The number of rotatable bonds is 2. The van der Waals surface area contributed by atoms with Crippen LogP contribution >= 0.6 is 0 Å². The molecule has 1 aromatic carbocycles. The van der Waals surface area contributed by atoms with Crippen LogP contribution in [0.2, 0.25) is 0 Å². The number of fused-ring (bicyclic) bond motifs is 1. The van der Waals surface area contributed by atoms with E-state index in [9.17, 15) is 4.39 Å². The highest BCUT2D eigenvalue weighted by Gasteiger charge is 2.39. The molecule has 2 heteroatoms. The number of benzene rings is 1. The maximum Gasteiger partial charge on any atom is 0.123 e. The van der Waals surface area contributed by atoms with Crippen LogP contribution < -0.4 is 0 Å². The molecular formula is C15H16FN. The Morgan fingerprint density at radius 2 is 2.12 bits per heavy atom. The van der Waals surface area contributed by atoms with Crippen LogP contribution in [0.1, 0.15) is 30.9 Å². The molecule has 0 fully saturated rings. The molecule has 1 aliphatic carbocycles. The molecule has 1 aliphatic heterocycles. The van der Waals surface area contributed by atoms with E-state index in [1.165, 1.54) is 16.7 Å². The topological polar surface area (TPSA) is 12.4 Å². The van der Waals surface area contributed by atoms with Crippen molar-refractivity contribution >= 4 is 6.21 Å². The molecule has 0 radical (unpaired) electrons. The third-order valence-electron chi connectivity index (χ3n) is 4.23. The Hall–Kier alpha value is -1.44. The fraction of sp³-hybridized carbons (Fsp3) is 0.400. The van der Waals surface area contributed by atoms with Crippen molar-refractivity contribution < 1.29 is 4.39 Å². The molecule has 0 spiro atoms. The second-order valence-electron chi connectivity index (χ2n) is 5.09. The van der Waals surface area contributed by atoms with E-state index in [1.807, 2.05) is 18.5 Å². The SMILES string of the molecule is CCC1(C2=CN=CC2)Cc2ccc(F)cc2C1. The summed E-state index contributed by atoms with van der Waals surface area (Å²) in [5, 5.41) is 0. The van der Waals surface area contributed by atoms with Gasteiger partial charge >= 0.3 is 0 Å². The summed E-state index contributed by atoms with van der Waals surface area (Å²) in [5.74, 6) is -0.118. The number of hydrogen-bond acceptors (Lipinski definition) is 1. The van der Waals surface area contributed by atoms with Gasteiger partial charge in [0.1, 0.15) is 5.82 Å². The van der Waals surface area contributed by atoms with Gasteiger partial charge in [0, 0.05) is 24.3 Å². The third kappa shape index (κ3) is 1.63. The van der Waals surface area contributed by atoms with Gasteiger partial charge in [-0.1, -0.05) is 13.0 Å². The Morgan fingerprint density at radius 3 is 2.82 bits per heavy atom. The van der Waals surface area contributed by atoms with Gasteiger partial charge in [-0.15, -0.1) is 0 Å². The molecule has 0 saturated carbocycles. The van der Waals surface area contributed by atoms with E-state index in [1.54, 1.807) is 12.1 Å². The van der Waals surface area contributed by atoms with Gasteiger partial charge in [0.05, 0.1) is 0 Å². The lowest BCUT2D eigenvalue weighted by Crippen LogP contribution is -2.22. The Balaban J connectivity index is 1.97. The number of hydrogen-bond donors (Lipinski definition) is 0. The zero-order valence-corrected chi connectivity index (χ0v) is 10.0. The van der Waals surface area contributed by atoms with Crippen molar-refractivity contribution in [3.8, 4) is 0 Å². The van der Waals surface area contributed by atoms with Crippen LogP contribution in [-0.2, 0) is 12.8 Å². The van der Waals surface area contributed by atoms with Crippen molar-refractivity contribution in [1.82, 2.24) is 0 Å². The summed E-state index contributed by atoms with van der Waals surface area (Å²) < 4.78 is 13.3. The van der Waals surface area contributed by atoms with Gasteiger partial charge < -0.3 is 0 Å². The molecule has 1 atom stereocenters. The first-order chi connectivity index (χ1) is 8.23. The van der Waals surface area contributed by atoms with Gasteiger partial charge in [-0.05, 0) is 48.1 Å². The zero-order valence-electron chi connectivity index (χ0n) is 10.0. The van der Waals surface area contributed by atoms with Crippen LogP contribution in [0.25, 0.3) is 0 Å². The predicted octanol–water partition coefficient (Wildman–Crippen LogP) is 3.68. The molecule has 0 saturated heterocycles. The molecule has 1 nitrogen and oxygen atoms in total. The predicted molar refractivity (Wildman–Crippen MR) is 67.7 cm³/mol. The summed E-state index contributed by atoms with van der Waals surface area (Å²) in [6.45, 7) is 2.22. The van der Waals surface area contributed by atoms with Crippen LogP contribution in [-0.4, -0.2) is 6.21 Å². The van der Waals surface area contributed by atoms with E-state index in [2.05, 4.69) is 11.9 Å². The smallest absolute Gasteiger partial charge is 0.123 e. The largest absolute Gasteiger partial charge is 0.269 e. The van der Waals surface area contributed by atoms with Gasteiger partial charge in [0.15, 0.2) is 0 Å². The summed E-state index contributed by atoms with van der Waals surface area (Å²) in [5.41, 5.74) is 4.09. The van der Waals surface area contributed by atoms with Crippen molar-refractivity contribution in [3.05, 3.63) is 46.9 Å². The number of halogens is 1. The molecule has 0 bridgehead atoms. The molecular weight excluding hydrogens is 213 g/mol. The average molecular weight is 229 g/mol. The minimum Gasteiger partial charge on any atom is -0.269 e. The quantitative estimate of drug-likeness (QED) is 0.733. The van der Waals surface area contributed by atoms with Crippen molar-refractivity contribution in [2.75, 3.05) is 0 Å². The first-order valence-electron chi connectivity index (χ1n) is 6.22. The highest BCUT2D eigenvalue weighted by molar-refractivity contribution is 5.66. The lowest BCUT2D eigenvalue weighted by atomic mass is 9.75. The molecule has 3 rings (SSSR count). The van der Waals surface area contributed by atoms with Crippen LogP contribution in [0, 0.1) is 11.2 Å². The van der Waals surface area contributed by atoms with Gasteiger partial charge in [0.2, 0.25) is 0 Å². The van der Waals surface area contributed by atoms with Crippen LogP contribution in [0.5, 0.6) is 0 Å². The Bertz CT molecular complexity index is 516. The molecule has 2 aliphatic rings. The summed E-state index contributed by atoms with van der Waals surface area (Å²) >= 11 is 0. The highest BCUT2D eigenvalue weighted by atomic mass is 19.1. The van der Waals surface area contributed by atoms with Crippen LogP contribution in [0.15, 0.2) is 35.0 Å². The number of allylic oxidation sites excluding steroid dienone is 1. The molecule has 17 heavy (non-hydrogen) atoms. The molecule has 0 aromatic heterocycles. The monoisotopic (exact) mass is 229 g/mol.